The molecule has 3 N–H and O–H groups in total. The summed E-state index contributed by atoms with van der Waals surface area (Å²) >= 11 is 0. The standard InChI is InChI=1S/C11H24N2O/c1-9(8-14)10(2)13-7-11-4-3-5-12-6-11/h9-14H,3-8H2,1-2H3. The van der Waals surface area contributed by atoms with E-state index in [1.807, 2.05) is 0 Å². The molecule has 0 spiro atoms. The van der Waals surface area contributed by atoms with Crippen LogP contribution in [0.1, 0.15) is 26.7 Å². The second kappa shape index (κ2) is 6.38. The summed E-state index contributed by atoms with van der Waals surface area (Å²) in [6.45, 7) is 7.91. The van der Waals surface area contributed by atoms with E-state index in [9.17, 15) is 0 Å². The first-order chi connectivity index (χ1) is 6.74. The number of aliphatic hydroxyl groups excluding tert-OH is 1. The summed E-state index contributed by atoms with van der Waals surface area (Å²) in [7, 11) is 0. The normalized spacial score (nSPS) is 27.2. The lowest BCUT2D eigenvalue weighted by Gasteiger charge is -2.26. The van der Waals surface area contributed by atoms with Crippen molar-refractivity contribution in [1.29, 1.82) is 0 Å². The summed E-state index contributed by atoms with van der Waals surface area (Å²) in [4.78, 5) is 0. The summed E-state index contributed by atoms with van der Waals surface area (Å²) in [5.41, 5.74) is 0. The summed E-state index contributed by atoms with van der Waals surface area (Å²) in [6.07, 6.45) is 2.64. The molecule has 84 valence electrons. The van der Waals surface area contributed by atoms with E-state index < -0.39 is 0 Å². The smallest absolute Gasteiger partial charge is 0.0471 e. The van der Waals surface area contributed by atoms with Gasteiger partial charge in [0.15, 0.2) is 0 Å². The van der Waals surface area contributed by atoms with E-state index in [1.54, 1.807) is 0 Å². The van der Waals surface area contributed by atoms with E-state index in [0.717, 1.165) is 19.0 Å². The van der Waals surface area contributed by atoms with Gasteiger partial charge in [-0.3, -0.25) is 0 Å². The third-order valence-electron chi connectivity index (χ3n) is 3.27. The van der Waals surface area contributed by atoms with Crippen molar-refractivity contribution in [3.05, 3.63) is 0 Å². The molecule has 0 aromatic carbocycles. The van der Waals surface area contributed by atoms with Crippen LogP contribution in [0, 0.1) is 11.8 Å². The maximum atomic E-state index is 8.99. The van der Waals surface area contributed by atoms with E-state index >= 15 is 0 Å². The van der Waals surface area contributed by atoms with E-state index in [1.165, 1.54) is 19.4 Å². The molecule has 0 amide bonds. The summed E-state index contributed by atoms with van der Waals surface area (Å²) in [5.74, 6) is 1.13. The number of rotatable bonds is 5. The molecule has 1 heterocycles. The molecule has 0 aromatic rings. The zero-order valence-corrected chi connectivity index (χ0v) is 9.42. The molecule has 1 aliphatic rings. The fourth-order valence-corrected chi connectivity index (χ4v) is 1.81. The van der Waals surface area contributed by atoms with Gasteiger partial charge in [0.05, 0.1) is 0 Å². The van der Waals surface area contributed by atoms with Crippen molar-refractivity contribution in [3.8, 4) is 0 Å². The van der Waals surface area contributed by atoms with Crippen molar-refractivity contribution in [3.63, 3.8) is 0 Å². The fraction of sp³-hybridized carbons (Fsp3) is 1.00. The Kier molecular flexibility index (Phi) is 5.45. The predicted molar refractivity (Wildman–Crippen MR) is 59.3 cm³/mol. The van der Waals surface area contributed by atoms with Crippen molar-refractivity contribution in [2.24, 2.45) is 11.8 Å². The van der Waals surface area contributed by atoms with Gasteiger partial charge < -0.3 is 15.7 Å². The Labute approximate surface area is 87.3 Å². The average molecular weight is 200 g/mol. The van der Waals surface area contributed by atoms with Gasteiger partial charge in [0.2, 0.25) is 0 Å². The molecule has 0 radical (unpaired) electrons. The van der Waals surface area contributed by atoms with Crippen LogP contribution in [0.15, 0.2) is 0 Å². The van der Waals surface area contributed by atoms with Crippen LogP contribution >= 0.6 is 0 Å². The minimum absolute atomic E-state index is 0.275. The van der Waals surface area contributed by atoms with Crippen molar-refractivity contribution < 1.29 is 5.11 Å². The molecule has 3 nitrogen and oxygen atoms in total. The van der Waals surface area contributed by atoms with Crippen LogP contribution in [0.4, 0.5) is 0 Å². The van der Waals surface area contributed by atoms with Crippen LogP contribution in [-0.2, 0) is 0 Å². The van der Waals surface area contributed by atoms with E-state index in [-0.39, 0.29) is 6.61 Å². The van der Waals surface area contributed by atoms with Crippen LogP contribution in [0.5, 0.6) is 0 Å². The van der Waals surface area contributed by atoms with E-state index in [2.05, 4.69) is 24.5 Å². The first-order valence-electron chi connectivity index (χ1n) is 5.79. The lowest BCUT2D eigenvalue weighted by molar-refractivity contribution is 0.202. The van der Waals surface area contributed by atoms with Gasteiger partial charge in [-0.05, 0) is 51.2 Å². The highest BCUT2D eigenvalue weighted by Crippen LogP contribution is 2.09. The van der Waals surface area contributed by atoms with Crippen molar-refractivity contribution in [1.82, 2.24) is 10.6 Å². The summed E-state index contributed by atoms with van der Waals surface area (Å²) < 4.78 is 0. The van der Waals surface area contributed by atoms with Gasteiger partial charge in [-0.15, -0.1) is 0 Å². The highest BCUT2D eigenvalue weighted by atomic mass is 16.3. The first kappa shape index (κ1) is 12.0. The molecule has 0 saturated carbocycles. The van der Waals surface area contributed by atoms with Gasteiger partial charge in [0.1, 0.15) is 0 Å². The molecule has 1 saturated heterocycles. The van der Waals surface area contributed by atoms with Gasteiger partial charge in [-0.2, -0.15) is 0 Å². The van der Waals surface area contributed by atoms with Gasteiger partial charge in [-0.25, -0.2) is 0 Å². The van der Waals surface area contributed by atoms with Crippen molar-refractivity contribution in [2.75, 3.05) is 26.2 Å². The SMILES string of the molecule is CC(CO)C(C)NCC1CCCNC1. The Hall–Kier alpha value is -0.120. The van der Waals surface area contributed by atoms with E-state index in [0.29, 0.717) is 12.0 Å². The maximum Gasteiger partial charge on any atom is 0.0471 e. The molecule has 1 aliphatic heterocycles. The van der Waals surface area contributed by atoms with Crippen LogP contribution in [0.2, 0.25) is 0 Å². The second-order valence-electron chi connectivity index (χ2n) is 4.57. The molecule has 3 atom stereocenters. The molecular formula is C11H24N2O. The number of hydrogen-bond acceptors (Lipinski definition) is 3. The largest absolute Gasteiger partial charge is 0.396 e. The molecule has 0 aromatic heterocycles. The zero-order chi connectivity index (χ0) is 10.4. The maximum absolute atomic E-state index is 8.99. The number of hydrogen-bond donors (Lipinski definition) is 3. The quantitative estimate of drug-likeness (QED) is 0.609. The molecule has 3 unspecified atom stereocenters. The highest BCUT2D eigenvalue weighted by Gasteiger charge is 2.15. The molecule has 1 fully saturated rings. The fourth-order valence-electron chi connectivity index (χ4n) is 1.81. The third kappa shape index (κ3) is 3.95. The van der Waals surface area contributed by atoms with E-state index in [4.69, 9.17) is 5.11 Å². The Balaban J connectivity index is 2.12. The Bertz CT molecular complexity index is 144. The molecule has 0 aliphatic carbocycles. The van der Waals surface area contributed by atoms with Crippen molar-refractivity contribution in [2.45, 2.75) is 32.7 Å². The van der Waals surface area contributed by atoms with Crippen LogP contribution in [0.3, 0.4) is 0 Å². The number of aliphatic hydroxyl groups is 1. The molecule has 0 bridgehead atoms. The lowest BCUT2D eigenvalue weighted by Crippen LogP contribution is -2.41. The van der Waals surface area contributed by atoms with Gasteiger partial charge in [-0.1, -0.05) is 6.92 Å². The average Bonchev–Trinajstić information content (AvgIpc) is 2.26. The molecule has 1 rings (SSSR count). The van der Waals surface area contributed by atoms with Gasteiger partial charge >= 0.3 is 0 Å². The second-order valence-corrected chi connectivity index (χ2v) is 4.57. The van der Waals surface area contributed by atoms with Gasteiger partial charge in [0.25, 0.3) is 0 Å². The molecule has 14 heavy (non-hydrogen) atoms. The minimum atomic E-state index is 0.275. The zero-order valence-electron chi connectivity index (χ0n) is 9.42. The predicted octanol–water partition coefficient (Wildman–Crippen LogP) is 0.592. The monoisotopic (exact) mass is 200 g/mol. The van der Waals surface area contributed by atoms with Crippen LogP contribution in [-0.4, -0.2) is 37.4 Å². The Morgan fingerprint density at radius 2 is 2.29 bits per heavy atom. The van der Waals surface area contributed by atoms with Crippen LogP contribution in [0.25, 0.3) is 0 Å². The number of piperidine rings is 1. The minimum Gasteiger partial charge on any atom is -0.396 e. The summed E-state index contributed by atoms with van der Waals surface area (Å²) in [5, 5.41) is 15.9. The van der Waals surface area contributed by atoms with Crippen molar-refractivity contribution >= 4 is 0 Å². The molecule has 3 heteroatoms. The Morgan fingerprint density at radius 1 is 1.50 bits per heavy atom. The third-order valence-corrected chi connectivity index (χ3v) is 3.27. The molecular weight excluding hydrogens is 176 g/mol. The lowest BCUT2D eigenvalue weighted by atomic mass is 9.98. The Morgan fingerprint density at radius 3 is 2.86 bits per heavy atom. The first-order valence-corrected chi connectivity index (χ1v) is 5.79. The van der Waals surface area contributed by atoms with Crippen LogP contribution < -0.4 is 10.6 Å². The topological polar surface area (TPSA) is 44.3 Å². The summed E-state index contributed by atoms with van der Waals surface area (Å²) in [6, 6.07) is 0.418. The number of nitrogens with one attached hydrogen (secondary N) is 2. The van der Waals surface area contributed by atoms with Gasteiger partial charge in [0, 0.05) is 12.6 Å². The highest BCUT2D eigenvalue weighted by molar-refractivity contribution is 4.74.